The zero-order valence-electron chi connectivity index (χ0n) is 18.5. The maximum atomic E-state index is 12.6. The minimum absolute atomic E-state index is 0.0658. The second kappa shape index (κ2) is 10.0. The van der Waals surface area contributed by atoms with Crippen LogP contribution in [0.25, 0.3) is 11.1 Å². The number of rotatable bonds is 10. The van der Waals surface area contributed by atoms with Gasteiger partial charge in [0.1, 0.15) is 12.6 Å². The maximum Gasteiger partial charge on any atom is 0.407 e. The van der Waals surface area contributed by atoms with Gasteiger partial charge in [-0.3, -0.25) is 9.59 Å². The van der Waals surface area contributed by atoms with E-state index in [0.29, 0.717) is 6.42 Å². The molecule has 3 atom stereocenters. The van der Waals surface area contributed by atoms with Crippen LogP contribution in [-0.4, -0.2) is 56.0 Å². The zero-order valence-corrected chi connectivity index (χ0v) is 18.5. The molecule has 174 valence electrons. The highest BCUT2D eigenvalue weighted by molar-refractivity contribution is 5.86. The molecular formula is C25H28N2O6. The highest BCUT2D eigenvalue weighted by atomic mass is 16.5. The summed E-state index contributed by atoms with van der Waals surface area (Å²) in [6.07, 6.45) is 0.153. The zero-order chi connectivity index (χ0) is 23.4. The lowest BCUT2D eigenvalue weighted by atomic mass is 9.98. The van der Waals surface area contributed by atoms with Crippen molar-refractivity contribution >= 4 is 18.0 Å². The summed E-state index contributed by atoms with van der Waals surface area (Å²) in [7, 11) is 1.52. The second-order valence-electron chi connectivity index (χ2n) is 8.49. The molecule has 4 rings (SSSR count). The first-order chi connectivity index (χ1) is 16.0. The number of nitrogens with one attached hydrogen (secondary N) is 2. The fraction of sp³-hybridized carbons (Fsp3) is 0.400. The Balaban J connectivity index is 1.34. The molecule has 3 N–H and O–H groups in total. The van der Waals surface area contributed by atoms with Crippen molar-refractivity contribution in [1.29, 1.82) is 0 Å². The molecule has 1 fully saturated rings. The number of benzene rings is 2. The fourth-order valence-corrected chi connectivity index (χ4v) is 4.42. The van der Waals surface area contributed by atoms with Crippen LogP contribution in [-0.2, 0) is 19.1 Å². The first-order valence-corrected chi connectivity index (χ1v) is 11.1. The van der Waals surface area contributed by atoms with E-state index in [1.807, 2.05) is 36.4 Å². The number of alkyl carbamates (subject to hydrolysis) is 1. The standard InChI is InChI=1S/C25H28N2O6/c1-32-11-10-22(23(28)26-13-15-12-20(15)24(29)30)27-25(31)33-14-21-18-8-4-2-6-16(18)17-7-3-5-9-19(17)21/h2-9,15,20-22H,10-14H2,1H3,(H,26,28)(H,27,31)(H,29,30)/t15-,20-,22?/m0/s1. The third kappa shape index (κ3) is 5.17. The number of hydrogen-bond donors (Lipinski definition) is 3. The van der Waals surface area contributed by atoms with Gasteiger partial charge in [0.05, 0.1) is 5.92 Å². The van der Waals surface area contributed by atoms with E-state index in [4.69, 9.17) is 14.6 Å². The number of amides is 2. The normalized spacial score (nSPS) is 19.2. The largest absolute Gasteiger partial charge is 0.481 e. The molecule has 33 heavy (non-hydrogen) atoms. The Morgan fingerprint density at radius 3 is 2.27 bits per heavy atom. The Morgan fingerprint density at radius 2 is 1.70 bits per heavy atom. The molecular weight excluding hydrogens is 424 g/mol. The van der Waals surface area contributed by atoms with Crippen LogP contribution in [0, 0.1) is 11.8 Å². The molecule has 2 amide bonds. The number of hydrogen-bond acceptors (Lipinski definition) is 5. The topological polar surface area (TPSA) is 114 Å². The summed E-state index contributed by atoms with van der Waals surface area (Å²) in [4.78, 5) is 36.1. The number of fused-ring (bicyclic) bond motifs is 3. The number of ether oxygens (including phenoxy) is 2. The predicted octanol–water partition coefficient (Wildman–Crippen LogP) is 2.77. The van der Waals surface area contributed by atoms with Gasteiger partial charge in [0.25, 0.3) is 0 Å². The van der Waals surface area contributed by atoms with Gasteiger partial charge in [0.15, 0.2) is 0 Å². The Bertz CT molecular complexity index is 994. The summed E-state index contributed by atoms with van der Waals surface area (Å²) in [5, 5.41) is 14.4. The molecule has 0 aliphatic heterocycles. The Labute approximate surface area is 192 Å². The van der Waals surface area contributed by atoms with E-state index in [-0.39, 0.29) is 43.9 Å². The number of carbonyl (C=O) groups is 3. The molecule has 8 nitrogen and oxygen atoms in total. The van der Waals surface area contributed by atoms with Gasteiger partial charge in [0.2, 0.25) is 5.91 Å². The number of carboxylic acids is 1. The van der Waals surface area contributed by atoms with Gasteiger partial charge in [-0.15, -0.1) is 0 Å². The lowest BCUT2D eigenvalue weighted by Gasteiger charge is -2.19. The third-order valence-corrected chi connectivity index (χ3v) is 6.34. The first kappa shape index (κ1) is 22.8. The van der Waals surface area contributed by atoms with Gasteiger partial charge in [-0.25, -0.2) is 4.79 Å². The molecule has 0 heterocycles. The molecule has 0 spiro atoms. The van der Waals surface area contributed by atoms with Crippen LogP contribution < -0.4 is 10.6 Å². The summed E-state index contributed by atoms with van der Waals surface area (Å²) in [5.41, 5.74) is 4.49. The molecule has 2 aliphatic carbocycles. The average Bonchev–Trinajstić information content (AvgIpc) is 3.54. The van der Waals surface area contributed by atoms with Crippen LogP contribution in [0.15, 0.2) is 48.5 Å². The summed E-state index contributed by atoms with van der Waals surface area (Å²) in [6.45, 7) is 0.704. The van der Waals surface area contributed by atoms with Crippen molar-refractivity contribution in [1.82, 2.24) is 10.6 Å². The maximum absolute atomic E-state index is 12.6. The minimum atomic E-state index is -0.845. The van der Waals surface area contributed by atoms with Crippen molar-refractivity contribution in [3.05, 3.63) is 59.7 Å². The van der Waals surface area contributed by atoms with E-state index in [1.165, 1.54) is 7.11 Å². The monoisotopic (exact) mass is 452 g/mol. The van der Waals surface area contributed by atoms with Gasteiger partial charge >= 0.3 is 12.1 Å². The molecule has 2 aliphatic rings. The van der Waals surface area contributed by atoms with Crippen molar-refractivity contribution in [2.75, 3.05) is 26.9 Å². The number of carbonyl (C=O) groups excluding carboxylic acids is 2. The lowest BCUT2D eigenvalue weighted by molar-refractivity contribution is -0.139. The first-order valence-electron chi connectivity index (χ1n) is 11.1. The van der Waals surface area contributed by atoms with E-state index < -0.39 is 24.0 Å². The van der Waals surface area contributed by atoms with Crippen molar-refractivity contribution in [2.45, 2.75) is 24.8 Å². The van der Waals surface area contributed by atoms with E-state index >= 15 is 0 Å². The smallest absolute Gasteiger partial charge is 0.407 e. The Hall–Kier alpha value is -3.39. The minimum Gasteiger partial charge on any atom is -0.481 e. The molecule has 0 bridgehead atoms. The highest BCUT2D eigenvalue weighted by Crippen LogP contribution is 2.44. The van der Waals surface area contributed by atoms with Crippen LogP contribution in [0.4, 0.5) is 4.79 Å². The highest BCUT2D eigenvalue weighted by Gasteiger charge is 2.43. The summed E-state index contributed by atoms with van der Waals surface area (Å²) >= 11 is 0. The fourth-order valence-electron chi connectivity index (χ4n) is 4.42. The number of methoxy groups -OCH3 is 1. The SMILES string of the molecule is COCCC(NC(=O)OCC1c2ccccc2-c2ccccc21)C(=O)NC[C@@H]1C[C@@H]1C(=O)O. The number of aliphatic carboxylic acids is 1. The summed E-state index contributed by atoms with van der Waals surface area (Å²) in [5.74, 6) is -1.77. The molecule has 1 saturated carbocycles. The van der Waals surface area contributed by atoms with Crippen molar-refractivity contribution < 1.29 is 29.0 Å². The van der Waals surface area contributed by atoms with Gasteiger partial charge in [0, 0.05) is 32.6 Å². The van der Waals surface area contributed by atoms with E-state index in [0.717, 1.165) is 22.3 Å². The molecule has 0 radical (unpaired) electrons. The number of carboxylic acid groups (broad SMARTS) is 1. The average molecular weight is 453 g/mol. The van der Waals surface area contributed by atoms with Gasteiger partial charge in [-0.2, -0.15) is 0 Å². The van der Waals surface area contributed by atoms with E-state index in [9.17, 15) is 14.4 Å². The van der Waals surface area contributed by atoms with Crippen molar-refractivity contribution in [2.24, 2.45) is 11.8 Å². The van der Waals surface area contributed by atoms with Crippen LogP contribution in [0.2, 0.25) is 0 Å². The summed E-state index contributed by atoms with van der Waals surface area (Å²) in [6, 6.07) is 15.3. The molecule has 0 aromatic heterocycles. The third-order valence-electron chi connectivity index (χ3n) is 6.34. The molecule has 8 heteroatoms. The van der Waals surface area contributed by atoms with Crippen LogP contribution in [0.3, 0.4) is 0 Å². The molecule has 2 aromatic carbocycles. The lowest BCUT2D eigenvalue weighted by Crippen LogP contribution is -2.48. The predicted molar refractivity (Wildman–Crippen MR) is 121 cm³/mol. The molecule has 1 unspecified atom stereocenters. The molecule has 2 aromatic rings. The van der Waals surface area contributed by atoms with Gasteiger partial charge < -0.3 is 25.2 Å². The second-order valence-corrected chi connectivity index (χ2v) is 8.49. The molecule has 0 saturated heterocycles. The van der Waals surface area contributed by atoms with Gasteiger partial charge in [-0.05, 0) is 34.6 Å². The van der Waals surface area contributed by atoms with Crippen LogP contribution in [0.1, 0.15) is 29.9 Å². The van der Waals surface area contributed by atoms with E-state index in [2.05, 4.69) is 22.8 Å². The van der Waals surface area contributed by atoms with Crippen LogP contribution in [0.5, 0.6) is 0 Å². The summed E-state index contributed by atoms with van der Waals surface area (Å²) < 4.78 is 10.6. The van der Waals surface area contributed by atoms with Gasteiger partial charge in [-0.1, -0.05) is 48.5 Å². The Morgan fingerprint density at radius 1 is 1.06 bits per heavy atom. The Kier molecular flexibility index (Phi) is 6.93. The van der Waals surface area contributed by atoms with Crippen molar-refractivity contribution in [3.63, 3.8) is 0 Å². The van der Waals surface area contributed by atoms with Crippen molar-refractivity contribution in [3.8, 4) is 11.1 Å². The van der Waals surface area contributed by atoms with E-state index in [1.54, 1.807) is 0 Å². The van der Waals surface area contributed by atoms with Crippen LogP contribution >= 0.6 is 0 Å². The quantitative estimate of drug-likeness (QED) is 0.511.